The van der Waals surface area contributed by atoms with Gasteiger partial charge in [0.15, 0.2) is 0 Å². The van der Waals surface area contributed by atoms with Gasteiger partial charge in [-0.25, -0.2) is 0 Å². The fourth-order valence-electron chi connectivity index (χ4n) is 2.56. The number of hydrogen-bond donors (Lipinski definition) is 4. The van der Waals surface area contributed by atoms with Crippen LogP contribution in [-0.4, -0.2) is 40.9 Å². The van der Waals surface area contributed by atoms with Crippen molar-refractivity contribution in [1.29, 1.82) is 0 Å². The Morgan fingerprint density at radius 1 is 0.857 bits per heavy atom. The summed E-state index contributed by atoms with van der Waals surface area (Å²) in [6.07, 6.45) is -0.491. The van der Waals surface area contributed by atoms with E-state index in [2.05, 4.69) is 10.6 Å². The zero-order valence-electron chi connectivity index (χ0n) is 15.0. The molecule has 0 unspecified atom stereocenters. The van der Waals surface area contributed by atoms with E-state index in [0.29, 0.717) is 0 Å². The summed E-state index contributed by atoms with van der Waals surface area (Å²) in [5, 5.41) is 13.9. The lowest BCUT2D eigenvalue weighted by Gasteiger charge is -2.21. The summed E-state index contributed by atoms with van der Waals surface area (Å²) in [5.74, 6) is -3.43. The number of nitrogens with two attached hydrogens (primary N) is 1. The van der Waals surface area contributed by atoms with E-state index < -0.39 is 42.2 Å². The third-order valence-corrected chi connectivity index (χ3v) is 3.98. The van der Waals surface area contributed by atoms with Crippen molar-refractivity contribution in [3.63, 3.8) is 0 Å². The second kappa shape index (κ2) is 9.86. The second-order valence-corrected chi connectivity index (χ2v) is 6.14. The van der Waals surface area contributed by atoms with Crippen LogP contribution in [0.1, 0.15) is 22.3 Å². The van der Waals surface area contributed by atoms with E-state index in [-0.39, 0.29) is 12.0 Å². The van der Waals surface area contributed by atoms with Crippen LogP contribution in [0.25, 0.3) is 0 Å². The lowest BCUT2D eigenvalue weighted by molar-refractivity contribution is -0.140. The highest BCUT2D eigenvalue weighted by molar-refractivity contribution is 5.99. The Labute approximate surface area is 161 Å². The van der Waals surface area contributed by atoms with E-state index in [9.17, 15) is 19.2 Å². The third-order valence-electron chi connectivity index (χ3n) is 3.98. The number of carbonyl (C=O) groups is 4. The zero-order chi connectivity index (χ0) is 20.5. The molecule has 0 aliphatic heterocycles. The minimum absolute atomic E-state index is 0.147. The molecule has 8 heteroatoms. The van der Waals surface area contributed by atoms with Crippen molar-refractivity contribution in [2.75, 3.05) is 0 Å². The summed E-state index contributed by atoms with van der Waals surface area (Å²) in [6.45, 7) is 0. The molecule has 2 aromatic carbocycles. The molecule has 28 heavy (non-hydrogen) atoms. The molecule has 3 amide bonds. The van der Waals surface area contributed by atoms with Crippen LogP contribution in [0.15, 0.2) is 60.7 Å². The molecule has 0 bridgehead atoms. The van der Waals surface area contributed by atoms with E-state index >= 15 is 0 Å². The van der Waals surface area contributed by atoms with Crippen LogP contribution in [0.2, 0.25) is 0 Å². The summed E-state index contributed by atoms with van der Waals surface area (Å²) in [4.78, 5) is 47.7. The van der Waals surface area contributed by atoms with Crippen LogP contribution in [0, 0.1) is 0 Å². The normalized spacial score (nSPS) is 12.4. The van der Waals surface area contributed by atoms with Crippen molar-refractivity contribution in [2.45, 2.75) is 24.9 Å². The summed E-state index contributed by atoms with van der Waals surface area (Å²) >= 11 is 0. The van der Waals surface area contributed by atoms with Gasteiger partial charge in [0.25, 0.3) is 5.91 Å². The van der Waals surface area contributed by atoms with Crippen LogP contribution in [0.3, 0.4) is 0 Å². The van der Waals surface area contributed by atoms with Crippen molar-refractivity contribution in [1.82, 2.24) is 10.6 Å². The Balaban J connectivity index is 2.10. The number of rotatable bonds is 9. The Bertz CT molecular complexity index is 839. The van der Waals surface area contributed by atoms with E-state index in [1.807, 2.05) is 6.07 Å². The molecule has 146 valence electrons. The number of hydrogen-bond acceptors (Lipinski definition) is 4. The first kappa shape index (κ1) is 20.6. The van der Waals surface area contributed by atoms with Gasteiger partial charge in [0.05, 0.1) is 6.42 Å². The van der Waals surface area contributed by atoms with Crippen LogP contribution < -0.4 is 16.4 Å². The van der Waals surface area contributed by atoms with Gasteiger partial charge in [-0.05, 0) is 17.7 Å². The SMILES string of the molecule is NC(=O)[C@H](Cc1ccccc1)NC(=O)[C@H](CC(=O)O)NC(=O)c1ccccc1. The Kier molecular flexibility index (Phi) is 7.27. The molecule has 0 radical (unpaired) electrons. The number of primary amides is 1. The van der Waals surface area contributed by atoms with Gasteiger partial charge in [-0.1, -0.05) is 48.5 Å². The number of amides is 3. The maximum atomic E-state index is 12.6. The van der Waals surface area contributed by atoms with Gasteiger partial charge < -0.3 is 21.5 Å². The lowest BCUT2D eigenvalue weighted by atomic mass is 10.0. The Hall–Kier alpha value is -3.68. The van der Waals surface area contributed by atoms with E-state index in [1.165, 1.54) is 12.1 Å². The predicted molar refractivity (Wildman–Crippen MR) is 101 cm³/mol. The van der Waals surface area contributed by atoms with Crippen LogP contribution in [0.5, 0.6) is 0 Å². The molecule has 0 saturated carbocycles. The molecule has 8 nitrogen and oxygen atoms in total. The quantitative estimate of drug-likeness (QED) is 0.499. The highest BCUT2D eigenvalue weighted by Crippen LogP contribution is 2.05. The predicted octanol–water partition coefficient (Wildman–Crippen LogP) is 0.472. The zero-order valence-corrected chi connectivity index (χ0v) is 15.0. The van der Waals surface area contributed by atoms with E-state index in [1.54, 1.807) is 42.5 Å². The third kappa shape index (κ3) is 6.24. The van der Waals surface area contributed by atoms with Crippen LogP contribution >= 0.6 is 0 Å². The average Bonchev–Trinajstić information content (AvgIpc) is 2.68. The molecule has 0 aliphatic carbocycles. The molecule has 0 aliphatic rings. The monoisotopic (exact) mass is 383 g/mol. The summed E-state index contributed by atoms with van der Waals surface area (Å²) in [7, 11) is 0. The van der Waals surface area contributed by atoms with Gasteiger partial charge in [0.1, 0.15) is 12.1 Å². The first-order valence-electron chi connectivity index (χ1n) is 8.58. The number of carboxylic acid groups (broad SMARTS) is 1. The molecule has 0 heterocycles. The average molecular weight is 383 g/mol. The van der Waals surface area contributed by atoms with E-state index in [0.717, 1.165) is 5.56 Å². The highest BCUT2D eigenvalue weighted by atomic mass is 16.4. The molecule has 2 rings (SSSR count). The molecular weight excluding hydrogens is 362 g/mol. The van der Waals surface area contributed by atoms with Crippen molar-refractivity contribution < 1.29 is 24.3 Å². The largest absolute Gasteiger partial charge is 0.481 e. The smallest absolute Gasteiger partial charge is 0.305 e. The number of nitrogens with one attached hydrogen (secondary N) is 2. The summed E-state index contributed by atoms with van der Waals surface area (Å²) < 4.78 is 0. The minimum atomic E-state index is -1.36. The fourth-order valence-corrected chi connectivity index (χ4v) is 2.56. The van der Waals surface area contributed by atoms with Crippen LogP contribution in [0.4, 0.5) is 0 Å². The first-order chi connectivity index (χ1) is 13.4. The number of carbonyl (C=O) groups excluding carboxylic acids is 3. The topological polar surface area (TPSA) is 139 Å². The van der Waals surface area contributed by atoms with Gasteiger partial charge in [-0.3, -0.25) is 19.2 Å². The van der Waals surface area contributed by atoms with Gasteiger partial charge in [-0.15, -0.1) is 0 Å². The molecule has 2 atom stereocenters. The molecule has 0 saturated heterocycles. The summed E-state index contributed by atoms with van der Waals surface area (Å²) in [5.41, 5.74) is 6.42. The Morgan fingerprint density at radius 2 is 1.43 bits per heavy atom. The fraction of sp³-hybridized carbons (Fsp3) is 0.200. The van der Waals surface area contributed by atoms with Gasteiger partial charge in [0.2, 0.25) is 11.8 Å². The van der Waals surface area contributed by atoms with Crippen molar-refractivity contribution in [3.8, 4) is 0 Å². The minimum Gasteiger partial charge on any atom is -0.481 e. The molecule has 0 spiro atoms. The van der Waals surface area contributed by atoms with Crippen molar-refractivity contribution in [2.24, 2.45) is 5.73 Å². The van der Waals surface area contributed by atoms with Crippen LogP contribution in [-0.2, 0) is 20.8 Å². The van der Waals surface area contributed by atoms with Crippen molar-refractivity contribution in [3.05, 3.63) is 71.8 Å². The molecule has 2 aromatic rings. The Morgan fingerprint density at radius 3 is 1.96 bits per heavy atom. The van der Waals surface area contributed by atoms with Gasteiger partial charge >= 0.3 is 5.97 Å². The number of carboxylic acids is 1. The number of benzene rings is 2. The maximum absolute atomic E-state index is 12.6. The maximum Gasteiger partial charge on any atom is 0.305 e. The first-order valence-corrected chi connectivity index (χ1v) is 8.58. The van der Waals surface area contributed by atoms with Gasteiger partial charge in [0, 0.05) is 12.0 Å². The summed E-state index contributed by atoms with van der Waals surface area (Å²) in [6, 6.07) is 14.6. The highest BCUT2D eigenvalue weighted by Gasteiger charge is 2.28. The van der Waals surface area contributed by atoms with Crippen molar-refractivity contribution >= 4 is 23.7 Å². The van der Waals surface area contributed by atoms with Gasteiger partial charge in [-0.2, -0.15) is 0 Å². The number of aliphatic carboxylic acids is 1. The molecule has 0 aromatic heterocycles. The molecule has 5 N–H and O–H groups in total. The molecular formula is C20H21N3O5. The second-order valence-electron chi connectivity index (χ2n) is 6.14. The standard InChI is InChI=1S/C20H21N3O5/c21-18(26)15(11-13-7-3-1-4-8-13)22-20(28)16(12-17(24)25)23-19(27)14-9-5-2-6-10-14/h1-10,15-16H,11-12H2,(H2,21,26)(H,22,28)(H,23,27)(H,24,25)/t15-,16-/m0/s1. The molecule has 0 fully saturated rings. The lowest BCUT2D eigenvalue weighted by Crippen LogP contribution is -2.54. The van der Waals surface area contributed by atoms with E-state index in [4.69, 9.17) is 10.8 Å².